The lowest BCUT2D eigenvalue weighted by atomic mass is 10.1. The van der Waals surface area contributed by atoms with E-state index in [1.807, 2.05) is 35.7 Å². The molecule has 0 aliphatic heterocycles. The second kappa shape index (κ2) is 20.4. The Balaban J connectivity index is 1.30. The molecule has 2 aromatic heterocycles. The SMILES string of the molecule is CCCCc1ncc(/C=C(\Cc2cccs2)C(=O)OCc2cccc(CON(O)O)c2)n1Cc1ccc(C(=O)OCc2cccc(CON(O)O)c2)cc1. The third-order valence-corrected chi connectivity index (χ3v) is 9.07. The summed E-state index contributed by atoms with van der Waals surface area (Å²) in [6.45, 7) is 2.43. The first kappa shape index (κ1) is 40.1. The summed E-state index contributed by atoms with van der Waals surface area (Å²) in [5.41, 5.74) is 5.24. The molecule has 0 unspecified atom stereocenters. The first-order chi connectivity index (χ1) is 26.2. The number of benzene rings is 3. The molecule has 4 N–H and O–H groups in total. The molecular formula is C39H42N4O10S. The van der Waals surface area contributed by atoms with Gasteiger partial charge in [0, 0.05) is 29.8 Å². The molecule has 0 bridgehead atoms. The van der Waals surface area contributed by atoms with E-state index >= 15 is 0 Å². The quantitative estimate of drug-likeness (QED) is 0.0360. The summed E-state index contributed by atoms with van der Waals surface area (Å²) in [6.07, 6.45) is 6.61. The zero-order valence-corrected chi connectivity index (χ0v) is 30.4. The molecule has 5 aromatic rings. The second-order valence-electron chi connectivity index (χ2n) is 12.3. The van der Waals surface area contributed by atoms with E-state index in [2.05, 4.69) is 16.3 Å². The van der Waals surface area contributed by atoms with Crippen molar-refractivity contribution in [1.29, 1.82) is 0 Å². The number of unbranched alkanes of at least 4 members (excludes halogenated alkanes) is 1. The largest absolute Gasteiger partial charge is 0.457 e. The van der Waals surface area contributed by atoms with Crippen LogP contribution < -0.4 is 0 Å². The molecule has 54 heavy (non-hydrogen) atoms. The van der Waals surface area contributed by atoms with Gasteiger partial charge in [0.2, 0.25) is 0 Å². The molecule has 284 valence electrons. The van der Waals surface area contributed by atoms with Gasteiger partial charge in [0.1, 0.15) is 19.0 Å². The van der Waals surface area contributed by atoms with E-state index in [4.69, 9.17) is 40.1 Å². The van der Waals surface area contributed by atoms with Crippen molar-refractivity contribution < 1.29 is 49.6 Å². The molecule has 5 rings (SSSR count). The van der Waals surface area contributed by atoms with Gasteiger partial charge in [-0.3, -0.25) is 20.8 Å². The van der Waals surface area contributed by atoms with Gasteiger partial charge in [-0.05, 0) is 63.9 Å². The van der Waals surface area contributed by atoms with E-state index in [0.29, 0.717) is 46.4 Å². The van der Waals surface area contributed by atoms with E-state index in [-0.39, 0.29) is 37.2 Å². The summed E-state index contributed by atoms with van der Waals surface area (Å²) in [5, 5.41) is 36.5. The summed E-state index contributed by atoms with van der Waals surface area (Å²) in [7, 11) is 0. The number of hydrogen-bond donors (Lipinski definition) is 4. The minimum Gasteiger partial charge on any atom is -0.457 e. The Hall–Kier alpha value is -5.07. The lowest BCUT2D eigenvalue weighted by molar-refractivity contribution is -0.497. The van der Waals surface area contributed by atoms with Crippen molar-refractivity contribution in [2.75, 3.05) is 0 Å². The van der Waals surface area contributed by atoms with Crippen molar-refractivity contribution in [2.45, 2.75) is 65.6 Å². The summed E-state index contributed by atoms with van der Waals surface area (Å²) in [6, 6.07) is 25.1. The lowest BCUT2D eigenvalue weighted by Gasteiger charge is -2.13. The number of nitrogens with zero attached hydrogens (tertiary/aromatic N) is 4. The predicted molar refractivity (Wildman–Crippen MR) is 195 cm³/mol. The molecule has 0 radical (unpaired) electrons. The summed E-state index contributed by atoms with van der Waals surface area (Å²) in [4.78, 5) is 41.6. The monoisotopic (exact) mass is 758 g/mol. The van der Waals surface area contributed by atoms with Gasteiger partial charge in [0.25, 0.3) is 0 Å². The van der Waals surface area contributed by atoms with Crippen molar-refractivity contribution in [2.24, 2.45) is 0 Å². The zero-order chi connectivity index (χ0) is 38.3. The Bertz CT molecular complexity index is 1980. The van der Waals surface area contributed by atoms with Gasteiger partial charge in [0.15, 0.2) is 0 Å². The van der Waals surface area contributed by atoms with Gasteiger partial charge >= 0.3 is 11.9 Å². The number of carbonyl (C=O) groups is 2. The van der Waals surface area contributed by atoms with Crippen LogP contribution in [0, 0.1) is 0 Å². The molecule has 14 nitrogen and oxygen atoms in total. The maximum absolute atomic E-state index is 13.6. The maximum atomic E-state index is 13.6. The van der Waals surface area contributed by atoms with Crippen molar-refractivity contribution in [3.05, 3.63) is 152 Å². The first-order valence-electron chi connectivity index (χ1n) is 17.1. The molecule has 0 aliphatic rings. The Kier molecular flexibility index (Phi) is 15.2. The predicted octanol–water partition coefficient (Wildman–Crippen LogP) is 7.09. The Morgan fingerprint density at radius 1 is 0.778 bits per heavy atom. The van der Waals surface area contributed by atoms with Crippen LogP contribution in [-0.2, 0) is 69.8 Å². The van der Waals surface area contributed by atoms with Crippen LogP contribution in [0.15, 0.2) is 102 Å². The zero-order valence-electron chi connectivity index (χ0n) is 29.6. The number of aromatic nitrogens is 2. The van der Waals surface area contributed by atoms with Crippen LogP contribution in [0.3, 0.4) is 0 Å². The van der Waals surface area contributed by atoms with Gasteiger partial charge in [0.05, 0.1) is 41.4 Å². The van der Waals surface area contributed by atoms with Crippen LogP contribution in [0.2, 0.25) is 0 Å². The minimum atomic E-state index is -0.492. The first-order valence-corrected chi connectivity index (χ1v) is 18.0. The molecule has 0 spiro atoms. The fourth-order valence-electron chi connectivity index (χ4n) is 5.51. The van der Waals surface area contributed by atoms with Crippen molar-refractivity contribution in [1.82, 2.24) is 20.3 Å². The third kappa shape index (κ3) is 12.5. The van der Waals surface area contributed by atoms with Crippen LogP contribution in [0.1, 0.15) is 74.3 Å². The Labute approximate surface area is 316 Å². The van der Waals surface area contributed by atoms with E-state index in [1.165, 1.54) is 0 Å². The van der Waals surface area contributed by atoms with E-state index in [1.54, 1.807) is 78.2 Å². The highest BCUT2D eigenvalue weighted by atomic mass is 32.1. The summed E-state index contributed by atoms with van der Waals surface area (Å²) >= 11 is 1.54. The van der Waals surface area contributed by atoms with Gasteiger partial charge in [-0.25, -0.2) is 24.2 Å². The van der Waals surface area contributed by atoms with Crippen LogP contribution in [0.5, 0.6) is 0 Å². The van der Waals surface area contributed by atoms with Crippen molar-refractivity contribution >= 4 is 29.4 Å². The number of ether oxygens (including phenoxy) is 2. The fourth-order valence-corrected chi connectivity index (χ4v) is 6.24. The molecule has 0 saturated carbocycles. The fraction of sp³-hybridized carbons (Fsp3) is 0.256. The van der Waals surface area contributed by atoms with Gasteiger partial charge in [-0.1, -0.05) is 80.1 Å². The molecule has 0 amide bonds. The molecule has 3 aromatic carbocycles. The second-order valence-corrected chi connectivity index (χ2v) is 13.3. The molecule has 15 heteroatoms. The number of thiophene rings is 1. The number of rotatable bonds is 20. The standard InChI is InChI=1S/C39H42N4O10S/c1-2-3-12-37-40-22-35(20-34(21-36-11-6-17-54-36)39(45)51-25-30-8-5-10-32(19-30)27-53-43(48)49)41(37)23-28-13-15-33(16-14-28)38(44)50-24-29-7-4-9-31(18-29)26-52-42(46)47/h4-11,13-20,22,46-49H,2-3,12,21,23-27H2,1H3/b34-20+. The molecule has 0 atom stereocenters. The van der Waals surface area contributed by atoms with Gasteiger partial charge < -0.3 is 14.0 Å². The van der Waals surface area contributed by atoms with Crippen LogP contribution in [-0.4, -0.2) is 53.1 Å². The van der Waals surface area contributed by atoms with Crippen molar-refractivity contribution in [3.8, 4) is 0 Å². The van der Waals surface area contributed by atoms with E-state index in [0.717, 1.165) is 41.2 Å². The number of aryl methyl sites for hydroxylation is 1. The summed E-state index contributed by atoms with van der Waals surface area (Å²) < 4.78 is 13.4. The molecule has 0 saturated heterocycles. The highest BCUT2D eigenvalue weighted by Gasteiger charge is 2.17. The Morgan fingerprint density at radius 3 is 1.96 bits per heavy atom. The normalized spacial score (nSPS) is 11.7. The number of hydrogen-bond acceptors (Lipinski definition) is 14. The van der Waals surface area contributed by atoms with E-state index in [9.17, 15) is 9.59 Å². The highest BCUT2D eigenvalue weighted by Crippen LogP contribution is 2.22. The average molecular weight is 759 g/mol. The molecule has 0 aliphatic carbocycles. The number of imidazole rings is 1. The van der Waals surface area contributed by atoms with Crippen LogP contribution in [0.4, 0.5) is 0 Å². The van der Waals surface area contributed by atoms with Crippen LogP contribution >= 0.6 is 11.3 Å². The molecule has 2 heterocycles. The van der Waals surface area contributed by atoms with Crippen LogP contribution in [0.25, 0.3) is 6.08 Å². The minimum absolute atomic E-state index is 0.00166. The summed E-state index contributed by atoms with van der Waals surface area (Å²) in [5.74, 6) is -0.0967. The van der Waals surface area contributed by atoms with E-state index < -0.39 is 11.9 Å². The topological polar surface area (TPSA) is 176 Å². The molecule has 0 fully saturated rings. The van der Waals surface area contributed by atoms with Crippen molar-refractivity contribution in [3.63, 3.8) is 0 Å². The van der Waals surface area contributed by atoms with Gasteiger partial charge in [-0.2, -0.15) is 0 Å². The molecular weight excluding hydrogens is 717 g/mol. The van der Waals surface area contributed by atoms with Gasteiger partial charge in [-0.15, -0.1) is 11.3 Å². The lowest BCUT2D eigenvalue weighted by Crippen LogP contribution is -2.14. The average Bonchev–Trinajstić information content (AvgIpc) is 3.83. The number of carbonyl (C=O) groups excluding carboxylic acids is 2. The highest BCUT2D eigenvalue weighted by molar-refractivity contribution is 7.09. The Morgan fingerprint density at radius 2 is 1.39 bits per heavy atom. The third-order valence-electron chi connectivity index (χ3n) is 8.20. The number of esters is 2. The maximum Gasteiger partial charge on any atom is 0.338 e. The smallest absolute Gasteiger partial charge is 0.338 e.